The van der Waals surface area contributed by atoms with Gasteiger partial charge in [0.15, 0.2) is 0 Å². The number of aryl methyl sites for hydroxylation is 1. The fraction of sp³-hybridized carbons (Fsp3) is 0.667. The number of nitrogens with one attached hydrogen (secondary N) is 1. The second-order valence-corrected chi connectivity index (χ2v) is 5.59. The second kappa shape index (κ2) is 6.61. The third kappa shape index (κ3) is 4.19. The molecule has 3 heteroatoms. The molecule has 18 heavy (non-hydrogen) atoms. The lowest BCUT2D eigenvalue weighted by Crippen LogP contribution is -2.16. The number of aromatic nitrogens is 1. The van der Waals surface area contributed by atoms with E-state index in [0.717, 1.165) is 25.8 Å². The maximum atomic E-state index is 8.96. The molecule has 0 fully saturated rings. The number of hydrogen-bond donors (Lipinski definition) is 1. The molecule has 1 heterocycles. The molecule has 3 nitrogen and oxygen atoms in total. The molecule has 0 spiro atoms. The van der Waals surface area contributed by atoms with Crippen LogP contribution in [0, 0.1) is 16.7 Å². The molecule has 1 atom stereocenters. The molecule has 100 valence electrons. The molecule has 1 aromatic heterocycles. The van der Waals surface area contributed by atoms with E-state index >= 15 is 0 Å². The first-order chi connectivity index (χ1) is 8.50. The predicted molar refractivity (Wildman–Crippen MR) is 75.2 cm³/mol. The van der Waals surface area contributed by atoms with E-state index in [1.807, 2.05) is 20.9 Å². The largest absolute Gasteiger partial charge is 0.350 e. The van der Waals surface area contributed by atoms with Crippen molar-refractivity contribution in [2.75, 3.05) is 7.05 Å². The van der Waals surface area contributed by atoms with Crippen molar-refractivity contribution in [2.45, 2.75) is 52.6 Å². The SMILES string of the molecule is CNC(C)c1cccn1CCCCC(C)(C)C#N. The van der Waals surface area contributed by atoms with Crippen molar-refractivity contribution in [3.8, 4) is 6.07 Å². The Kier molecular flexibility index (Phi) is 5.43. The first-order valence-electron chi connectivity index (χ1n) is 6.74. The average molecular weight is 247 g/mol. The molecule has 0 aliphatic rings. The van der Waals surface area contributed by atoms with Gasteiger partial charge >= 0.3 is 0 Å². The molecule has 0 saturated heterocycles. The molecule has 0 bridgehead atoms. The van der Waals surface area contributed by atoms with Gasteiger partial charge in [-0.1, -0.05) is 6.42 Å². The van der Waals surface area contributed by atoms with E-state index in [0.29, 0.717) is 6.04 Å². The molecular formula is C15H25N3. The van der Waals surface area contributed by atoms with E-state index < -0.39 is 0 Å². The quantitative estimate of drug-likeness (QED) is 0.749. The lowest BCUT2D eigenvalue weighted by atomic mass is 9.89. The van der Waals surface area contributed by atoms with Gasteiger partial charge in [-0.3, -0.25) is 0 Å². The molecule has 0 aliphatic heterocycles. The van der Waals surface area contributed by atoms with Gasteiger partial charge in [-0.2, -0.15) is 5.26 Å². The van der Waals surface area contributed by atoms with E-state index in [1.165, 1.54) is 5.69 Å². The maximum absolute atomic E-state index is 8.96. The highest BCUT2D eigenvalue weighted by atomic mass is 15.0. The Labute approximate surface area is 111 Å². The Morgan fingerprint density at radius 1 is 1.44 bits per heavy atom. The zero-order valence-corrected chi connectivity index (χ0v) is 12.0. The fourth-order valence-electron chi connectivity index (χ4n) is 2.08. The molecule has 0 saturated carbocycles. The number of nitriles is 1. The maximum Gasteiger partial charge on any atom is 0.0683 e. The van der Waals surface area contributed by atoms with E-state index in [1.54, 1.807) is 0 Å². The number of hydrogen-bond acceptors (Lipinski definition) is 2. The van der Waals surface area contributed by atoms with Gasteiger partial charge in [-0.15, -0.1) is 0 Å². The molecule has 0 aromatic carbocycles. The van der Waals surface area contributed by atoms with Gasteiger partial charge in [0.1, 0.15) is 0 Å². The van der Waals surface area contributed by atoms with Gasteiger partial charge in [-0.25, -0.2) is 0 Å². The van der Waals surface area contributed by atoms with Crippen LogP contribution in [0.1, 0.15) is 51.8 Å². The van der Waals surface area contributed by atoms with E-state index in [2.05, 4.69) is 41.2 Å². The third-order valence-corrected chi connectivity index (χ3v) is 3.49. The van der Waals surface area contributed by atoms with Crippen molar-refractivity contribution in [2.24, 2.45) is 5.41 Å². The second-order valence-electron chi connectivity index (χ2n) is 5.59. The van der Waals surface area contributed by atoms with Crippen molar-refractivity contribution < 1.29 is 0 Å². The van der Waals surface area contributed by atoms with Crippen LogP contribution in [-0.2, 0) is 6.54 Å². The van der Waals surface area contributed by atoms with Gasteiger partial charge in [-0.05, 0) is 52.8 Å². The first-order valence-corrected chi connectivity index (χ1v) is 6.74. The summed E-state index contributed by atoms with van der Waals surface area (Å²) >= 11 is 0. The topological polar surface area (TPSA) is 40.8 Å². The molecule has 1 unspecified atom stereocenters. The summed E-state index contributed by atoms with van der Waals surface area (Å²) in [6.45, 7) is 7.23. The van der Waals surface area contributed by atoms with Crippen LogP contribution in [0.5, 0.6) is 0 Å². The van der Waals surface area contributed by atoms with Crippen molar-refractivity contribution >= 4 is 0 Å². The zero-order valence-electron chi connectivity index (χ0n) is 12.0. The van der Waals surface area contributed by atoms with Crippen LogP contribution in [0.2, 0.25) is 0 Å². The lowest BCUT2D eigenvalue weighted by Gasteiger charge is -2.17. The van der Waals surface area contributed by atoms with Crippen molar-refractivity contribution in [3.63, 3.8) is 0 Å². The van der Waals surface area contributed by atoms with Crippen molar-refractivity contribution in [3.05, 3.63) is 24.0 Å². The third-order valence-electron chi connectivity index (χ3n) is 3.49. The summed E-state index contributed by atoms with van der Waals surface area (Å²) in [5.41, 5.74) is 1.15. The molecule has 0 aliphatic carbocycles. The normalized spacial score (nSPS) is 13.3. The smallest absolute Gasteiger partial charge is 0.0683 e. The van der Waals surface area contributed by atoms with Gasteiger partial charge in [0, 0.05) is 24.5 Å². The first kappa shape index (κ1) is 14.8. The van der Waals surface area contributed by atoms with Crippen LogP contribution in [0.3, 0.4) is 0 Å². The molecular weight excluding hydrogens is 222 g/mol. The standard InChI is InChI=1S/C15H25N3/c1-13(17-4)14-8-7-11-18(14)10-6-5-9-15(2,3)12-16/h7-8,11,13,17H,5-6,9-10H2,1-4H3. The van der Waals surface area contributed by atoms with Crippen molar-refractivity contribution in [1.29, 1.82) is 5.26 Å². The Balaban J connectivity index is 2.41. The minimum atomic E-state index is -0.183. The number of nitrogens with zero attached hydrogens (tertiary/aromatic N) is 2. The van der Waals surface area contributed by atoms with Crippen LogP contribution >= 0.6 is 0 Å². The van der Waals surface area contributed by atoms with Crippen LogP contribution in [0.4, 0.5) is 0 Å². The van der Waals surface area contributed by atoms with Gasteiger partial charge in [0.25, 0.3) is 0 Å². The molecule has 1 N–H and O–H groups in total. The van der Waals surface area contributed by atoms with E-state index in [9.17, 15) is 0 Å². The predicted octanol–water partition coefficient (Wildman–Crippen LogP) is 3.49. The minimum Gasteiger partial charge on any atom is -0.350 e. The minimum absolute atomic E-state index is 0.183. The fourth-order valence-corrected chi connectivity index (χ4v) is 2.08. The zero-order chi connectivity index (χ0) is 13.6. The average Bonchev–Trinajstić information content (AvgIpc) is 2.82. The summed E-state index contributed by atoms with van der Waals surface area (Å²) in [5, 5.41) is 12.2. The summed E-state index contributed by atoms with van der Waals surface area (Å²) in [6, 6.07) is 7.01. The highest BCUT2D eigenvalue weighted by Crippen LogP contribution is 2.22. The number of rotatable bonds is 7. The monoisotopic (exact) mass is 247 g/mol. The summed E-state index contributed by atoms with van der Waals surface area (Å²) in [4.78, 5) is 0. The molecule has 1 aromatic rings. The summed E-state index contributed by atoms with van der Waals surface area (Å²) < 4.78 is 2.31. The molecule has 0 amide bonds. The number of unbranched alkanes of at least 4 members (excludes halogenated alkanes) is 1. The van der Waals surface area contributed by atoms with E-state index in [4.69, 9.17) is 5.26 Å². The summed E-state index contributed by atoms with van der Waals surface area (Å²) in [6.07, 6.45) is 5.34. The van der Waals surface area contributed by atoms with Gasteiger partial charge < -0.3 is 9.88 Å². The highest BCUT2D eigenvalue weighted by Gasteiger charge is 2.15. The molecule has 0 radical (unpaired) electrons. The highest BCUT2D eigenvalue weighted by molar-refractivity contribution is 5.11. The Bertz CT molecular complexity index is 398. The van der Waals surface area contributed by atoms with Crippen LogP contribution < -0.4 is 5.32 Å². The Hall–Kier alpha value is -1.27. The van der Waals surface area contributed by atoms with Crippen LogP contribution in [-0.4, -0.2) is 11.6 Å². The molecule has 1 rings (SSSR count). The Morgan fingerprint density at radius 3 is 2.78 bits per heavy atom. The lowest BCUT2D eigenvalue weighted by molar-refractivity contribution is 0.414. The summed E-state index contributed by atoms with van der Waals surface area (Å²) in [5.74, 6) is 0. The van der Waals surface area contributed by atoms with Crippen LogP contribution in [0.25, 0.3) is 0 Å². The van der Waals surface area contributed by atoms with Crippen LogP contribution in [0.15, 0.2) is 18.3 Å². The van der Waals surface area contributed by atoms with Crippen molar-refractivity contribution in [1.82, 2.24) is 9.88 Å². The van der Waals surface area contributed by atoms with E-state index in [-0.39, 0.29) is 5.41 Å². The Morgan fingerprint density at radius 2 is 2.17 bits per heavy atom. The summed E-state index contributed by atoms with van der Waals surface area (Å²) in [7, 11) is 1.98. The van der Waals surface area contributed by atoms with Gasteiger partial charge in [0.2, 0.25) is 0 Å². The van der Waals surface area contributed by atoms with Gasteiger partial charge in [0.05, 0.1) is 11.5 Å².